The van der Waals surface area contributed by atoms with Gasteiger partial charge < -0.3 is 9.84 Å². The minimum atomic E-state index is -0.0968. The fourth-order valence-corrected chi connectivity index (χ4v) is 1.92. The van der Waals surface area contributed by atoms with Crippen molar-refractivity contribution >= 4 is 0 Å². The number of rotatable bonds is 4. The van der Waals surface area contributed by atoms with Gasteiger partial charge in [0, 0.05) is 12.5 Å². The minimum Gasteiger partial charge on any atom is -0.396 e. The molecule has 2 atom stereocenters. The van der Waals surface area contributed by atoms with E-state index in [1.165, 1.54) is 0 Å². The van der Waals surface area contributed by atoms with Gasteiger partial charge in [-0.2, -0.15) is 0 Å². The Labute approximate surface area is 80.6 Å². The Kier molecular flexibility index (Phi) is 3.94. The molecule has 0 amide bonds. The molecular weight excluding hydrogens is 164 g/mol. The van der Waals surface area contributed by atoms with Gasteiger partial charge in [0.25, 0.3) is 0 Å². The van der Waals surface area contributed by atoms with Gasteiger partial charge >= 0.3 is 0 Å². The van der Waals surface area contributed by atoms with Crippen LogP contribution >= 0.6 is 0 Å². The second kappa shape index (κ2) is 4.77. The van der Waals surface area contributed by atoms with Crippen LogP contribution in [-0.2, 0) is 4.74 Å². The quantitative estimate of drug-likeness (QED) is 0.678. The van der Waals surface area contributed by atoms with Crippen molar-refractivity contribution in [3.63, 3.8) is 0 Å². The first kappa shape index (κ1) is 10.7. The number of hydrogen-bond donors (Lipinski definition) is 1. The van der Waals surface area contributed by atoms with E-state index in [-0.39, 0.29) is 12.2 Å². The highest BCUT2D eigenvalue weighted by Crippen LogP contribution is 2.32. The molecule has 1 saturated heterocycles. The molecule has 13 heavy (non-hydrogen) atoms. The van der Waals surface area contributed by atoms with Gasteiger partial charge in [-0.05, 0) is 19.3 Å². The smallest absolute Gasteiger partial charge is 0.0860 e. The largest absolute Gasteiger partial charge is 0.396 e. The molecule has 76 valence electrons. The van der Waals surface area contributed by atoms with E-state index < -0.39 is 0 Å². The average Bonchev–Trinajstić information content (AvgIpc) is 2.19. The molecule has 2 nitrogen and oxygen atoms in total. The van der Waals surface area contributed by atoms with Crippen LogP contribution in [0.4, 0.5) is 0 Å². The van der Waals surface area contributed by atoms with E-state index in [0.717, 1.165) is 25.7 Å². The van der Waals surface area contributed by atoms with Crippen LogP contribution in [0.2, 0.25) is 0 Å². The van der Waals surface area contributed by atoms with Crippen LogP contribution in [0.15, 0.2) is 12.7 Å². The third kappa shape index (κ3) is 2.55. The SMILES string of the molecule is C=CC1(CCC)CCC(CO)CO1. The van der Waals surface area contributed by atoms with Gasteiger partial charge in [-0.15, -0.1) is 6.58 Å². The second-order valence-corrected chi connectivity index (χ2v) is 3.92. The van der Waals surface area contributed by atoms with Gasteiger partial charge in [-0.25, -0.2) is 0 Å². The highest BCUT2D eigenvalue weighted by molar-refractivity contribution is 4.99. The van der Waals surface area contributed by atoms with Crippen molar-refractivity contribution in [3.8, 4) is 0 Å². The van der Waals surface area contributed by atoms with E-state index in [2.05, 4.69) is 13.5 Å². The zero-order valence-electron chi connectivity index (χ0n) is 8.46. The molecule has 1 fully saturated rings. The fourth-order valence-electron chi connectivity index (χ4n) is 1.92. The van der Waals surface area contributed by atoms with Gasteiger partial charge in [-0.3, -0.25) is 0 Å². The summed E-state index contributed by atoms with van der Waals surface area (Å²) in [7, 11) is 0. The van der Waals surface area contributed by atoms with E-state index in [1.54, 1.807) is 0 Å². The zero-order chi connectivity index (χ0) is 9.73. The Morgan fingerprint density at radius 3 is 2.85 bits per heavy atom. The Balaban J connectivity index is 2.47. The van der Waals surface area contributed by atoms with Crippen molar-refractivity contribution < 1.29 is 9.84 Å². The zero-order valence-corrected chi connectivity index (χ0v) is 8.46. The van der Waals surface area contributed by atoms with Gasteiger partial charge in [-0.1, -0.05) is 19.4 Å². The molecule has 0 aromatic rings. The van der Waals surface area contributed by atoms with Crippen LogP contribution in [0.3, 0.4) is 0 Å². The average molecular weight is 184 g/mol. The summed E-state index contributed by atoms with van der Waals surface area (Å²) in [6, 6.07) is 0. The summed E-state index contributed by atoms with van der Waals surface area (Å²) in [4.78, 5) is 0. The molecule has 1 heterocycles. The Morgan fingerprint density at radius 2 is 2.46 bits per heavy atom. The first-order valence-corrected chi connectivity index (χ1v) is 5.14. The highest BCUT2D eigenvalue weighted by atomic mass is 16.5. The lowest BCUT2D eigenvalue weighted by Crippen LogP contribution is -2.38. The van der Waals surface area contributed by atoms with Crippen LogP contribution < -0.4 is 0 Å². The summed E-state index contributed by atoms with van der Waals surface area (Å²) in [5.41, 5.74) is -0.0968. The molecule has 0 aromatic heterocycles. The van der Waals surface area contributed by atoms with Crippen molar-refractivity contribution in [3.05, 3.63) is 12.7 Å². The van der Waals surface area contributed by atoms with E-state index >= 15 is 0 Å². The summed E-state index contributed by atoms with van der Waals surface area (Å²) in [5.74, 6) is 0.338. The maximum atomic E-state index is 8.96. The summed E-state index contributed by atoms with van der Waals surface area (Å²) >= 11 is 0. The molecule has 1 N–H and O–H groups in total. The molecule has 2 unspecified atom stereocenters. The predicted molar refractivity (Wildman–Crippen MR) is 53.6 cm³/mol. The Hall–Kier alpha value is -0.340. The summed E-state index contributed by atoms with van der Waals surface area (Å²) < 4.78 is 5.78. The fraction of sp³-hybridized carbons (Fsp3) is 0.818. The normalized spacial score (nSPS) is 34.5. The molecule has 0 saturated carbocycles. The van der Waals surface area contributed by atoms with Crippen molar-refractivity contribution in [1.29, 1.82) is 0 Å². The van der Waals surface area contributed by atoms with E-state index in [0.29, 0.717) is 12.5 Å². The van der Waals surface area contributed by atoms with Gasteiger partial charge in [0.05, 0.1) is 12.2 Å². The Bertz CT molecular complexity index is 157. The molecule has 0 radical (unpaired) electrons. The van der Waals surface area contributed by atoms with E-state index in [1.807, 2.05) is 6.08 Å². The minimum absolute atomic E-state index is 0.0968. The van der Waals surface area contributed by atoms with Gasteiger partial charge in [0.1, 0.15) is 0 Å². The molecule has 1 aliphatic heterocycles. The second-order valence-electron chi connectivity index (χ2n) is 3.92. The standard InChI is InChI=1S/C11H20O2/c1-3-6-11(4-2)7-5-10(8-12)9-13-11/h4,10,12H,2-3,5-9H2,1H3. The van der Waals surface area contributed by atoms with Crippen LogP contribution in [0.5, 0.6) is 0 Å². The lowest BCUT2D eigenvalue weighted by molar-refractivity contribution is -0.0824. The van der Waals surface area contributed by atoms with Crippen LogP contribution in [0, 0.1) is 5.92 Å². The number of aliphatic hydroxyl groups excluding tert-OH is 1. The van der Waals surface area contributed by atoms with Crippen molar-refractivity contribution in [1.82, 2.24) is 0 Å². The van der Waals surface area contributed by atoms with Crippen LogP contribution in [0.1, 0.15) is 32.6 Å². The maximum Gasteiger partial charge on any atom is 0.0860 e. The predicted octanol–water partition coefficient (Wildman–Crippen LogP) is 2.13. The van der Waals surface area contributed by atoms with E-state index in [9.17, 15) is 0 Å². The van der Waals surface area contributed by atoms with Crippen LogP contribution in [-0.4, -0.2) is 23.9 Å². The molecule has 0 aromatic carbocycles. The van der Waals surface area contributed by atoms with Crippen molar-refractivity contribution in [2.75, 3.05) is 13.2 Å². The monoisotopic (exact) mass is 184 g/mol. The Morgan fingerprint density at radius 1 is 1.69 bits per heavy atom. The topological polar surface area (TPSA) is 29.5 Å². The molecule has 0 spiro atoms. The third-order valence-corrected chi connectivity index (χ3v) is 2.89. The molecular formula is C11H20O2. The summed E-state index contributed by atoms with van der Waals surface area (Å²) in [5, 5.41) is 8.96. The molecule has 0 aliphatic carbocycles. The van der Waals surface area contributed by atoms with Gasteiger partial charge in [0.2, 0.25) is 0 Å². The number of ether oxygens (including phenoxy) is 1. The summed E-state index contributed by atoms with van der Waals surface area (Å²) in [6.45, 7) is 6.93. The molecule has 2 heteroatoms. The van der Waals surface area contributed by atoms with Crippen LogP contribution in [0.25, 0.3) is 0 Å². The highest BCUT2D eigenvalue weighted by Gasteiger charge is 2.32. The number of hydrogen-bond acceptors (Lipinski definition) is 2. The third-order valence-electron chi connectivity index (χ3n) is 2.89. The lowest BCUT2D eigenvalue weighted by atomic mass is 9.86. The molecule has 0 bridgehead atoms. The van der Waals surface area contributed by atoms with E-state index in [4.69, 9.17) is 9.84 Å². The van der Waals surface area contributed by atoms with Gasteiger partial charge in [0.15, 0.2) is 0 Å². The maximum absolute atomic E-state index is 8.96. The molecule has 1 aliphatic rings. The molecule has 1 rings (SSSR count). The summed E-state index contributed by atoms with van der Waals surface area (Å²) in [6.07, 6.45) is 6.17. The van der Waals surface area contributed by atoms with Crippen molar-refractivity contribution in [2.45, 2.75) is 38.2 Å². The lowest BCUT2D eigenvalue weighted by Gasteiger charge is -2.37. The number of aliphatic hydroxyl groups is 1. The first-order chi connectivity index (χ1) is 6.26. The first-order valence-electron chi connectivity index (χ1n) is 5.14. The van der Waals surface area contributed by atoms with Crippen molar-refractivity contribution in [2.24, 2.45) is 5.92 Å².